The van der Waals surface area contributed by atoms with Gasteiger partial charge in [0.2, 0.25) is 0 Å². The van der Waals surface area contributed by atoms with Gasteiger partial charge in [-0.3, -0.25) is 9.69 Å². The lowest BCUT2D eigenvalue weighted by molar-refractivity contribution is 0.0240. The van der Waals surface area contributed by atoms with E-state index < -0.39 is 0 Å². The lowest BCUT2D eigenvalue weighted by Gasteiger charge is -2.36. The van der Waals surface area contributed by atoms with E-state index in [-0.39, 0.29) is 11.9 Å². The Labute approximate surface area is 210 Å². The van der Waals surface area contributed by atoms with E-state index in [0.29, 0.717) is 36.0 Å². The second-order valence-corrected chi connectivity index (χ2v) is 9.60. The zero-order valence-electron chi connectivity index (χ0n) is 20.8. The largest absolute Gasteiger partial charge is 0.497 e. The maximum Gasteiger partial charge on any atom is 0.256 e. The Balaban J connectivity index is 1.76. The normalized spacial score (nSPS) is 14.9. The molecule has 8 heteroatoms. The topological polar surface area (TPSA) is 69.3 Å². The molecule has 1 amide bonds. The van der Waals surface area contributed by atoms with Gasteiger partial charge in [0.25, 0.3) is 5.91 Å². The smallest absolute Gasteiger partial charge is 0.256 e. The second-order valence-electron chi connectivity index (χ2n) is 8.37. The Morgan fingerprint density at radius 3 is 2.29 bits per heavy atom. The average Bonchev–Trinajstić information content (AvgIpc) is 3.17. The molecule has 35 heavy (non-hydrogen) atoms. The number of nitrogens with one attached hydrogen (secondary N) is 1. The van der Waals surface area contributed by atoms with Gasteiger partial charge in [0.05, 0.1) is 40.6 Å². The molecule has 0 aliphatic carbocycles. The summed E-state index contributed by atoms with van der Waals surface area (Å²) in [4.78, 5) is 16.8. The number of morpholine rings is 1. The zero-order valence-corrected chi connectivity index (χ0v) is 21.7. The number of amides is 1. The molecule has 1 N–H and O–H groups in total. The first kappa shape index (κ1) is 25.0. The molecular formula is C27H32N2O5S. The van der Waals surface area contributed by atoms with Gasteiger partial charge in [-0.1, -0.05) is 6.07 Å². The van der Waals surface area contributed by atoms with Gasteiger partial charge in [-0.2, -0.15) is 0 Å². The number of methoxy groups -OCH3 is 3. The minimum Gasteiger partial charge on any atom is -0.497 e. The fourth-order valence-corrected chi connectivity index (χ4v) is 5.49. The monoisotopic (exact) mass is 496 g/mol. The van der Waals surface area contributed by atoms with Gasteiger partial charge in [0, 0.05) is 29.1 Å². The molecule has 7 nitrogen and oxygen atoms in total. The SMILES string of the molecule is COc1ccc(C(=O)Nc2sc(C)c(C)c2[C@@H](c2ccc(OC)c(OC)c2)N2CCOCC2)cc1. The van der Waals surface area contributed by atoms with Gasteiger partial charge in [0.1, 0.15) is 10.8 Å². The van der Waals surface area contributed by atoms with Gasteiger partial charge in [-0.25, -0.2) is 0 Å². The highest BCUT2D eigenvalue weighted by atomic mass is 32.1. The van der Waals surface area contributed by atoms with E-state index >= 15 is 0 Å². The van der Waals surface area contributed by atoms with Crippen LogP contribution in [0.3, 0.4) is 0 Å². The van der Waals surface area contributed by atoms with Crippen molar-refractivity contribution in [2.75, 3.05) is 52.9 Å². The number of ether oxygens (including phenoxy) is 4. The van der Waals surface area contributed by atoms with E-state index in [9.17, 15) is 4.79 Å². The van der Waals surface area contributed by atoms with Crippen LogP contribution in [0, 0.1) is 13.8 Å². The van der Waals surface area contributed by atoms with Crippen molar-refractivity contribution < 1.29 is 23.7 Å². The summed E-state index contributed by atoms with van der Waals surface area (Å²) < 4.78 is 22.0. The molecule has 4 rings (SSSR count). The highest BCUT2D eigenvalue weighted by molar-refractivity contribution is 7.16. The van der Waals surface area contributed by atoms with Crippen LogP contribution in [-0.4, -0.2) is 58.4 Å². The molecule has 0 unspecified atom stereocenters. The molecule has 2 heterocycles. The molecule has 1 aliphatic rings. The molecule has 0 saturated carbocycles. The van der Waals surface area contributed by atoms with Gasteiger partial charge >= 0.3 is 0 Å². The molecule has 1 aliphatic heterocycles. The third-order valence-corrected chi connectivity index (χ3v) is 7.56. The Morgan fingerprint density at radius 1 is 0.971 bits per heavy atom. The number of carbonyl (C=O) groups is 1. The summed E-state index contributed by atoms with van der Waals surface area (Å²) in [6.45, 7) is 7.13. The first-order valence-electron chi connectivity index (χ1n) is 11.6. The lowest BCUT2D eigenvalue weighted by Crippen LogP contribution is -2.40. The highest BCUT2D eigenvalue weighted by Gasteiger charge is 2.31. The van der Waals surface area contributed by atoms with Gasteiger partial charge in [-0.15, -0.1) is 11.3 Å². The van der Waals surface area contributed by atoms with Crippen molar-refractivity contribution in [1.82, 2.24) is 4.90 Å². The summed E-state index contributed by atoms with van der Waals surface area (Å²) in [6, 6.07) is 13.1. The first-order chi connectivity index (χ1) is 17.0. The fraction of sp³-hybridized carbons (Fsp3) is 0.370. The van der Waals surface area contributed by atoms with Gasteiger partial charge in [-0.05, 0) is 61.4 Å². The summed E-state index contributed by atoms with van der Waals surface area (Å²) in [6.07, 6.45) is 0. The number of hydrogen-bond donors (Lipinski definition) is 1. The summed E-state index contributed by atoms with van der Waals surface area (Å²) in [5.41, 5.74) is 3.93. The van der Waals surface area contributed by atoms with Crippen molar-refractivity contribution in [1.29, 1.82) is 0 Å². The molecule has 1 fully saturated rings. The molecule has 1 atom stereocenters. The Hall–Kier alpha value is -3.07. The Morgan fingerprint density at radius 2 is 1.66 bits per heavy atom. The molecule has 3 aromatic rings. The van der Waals surface area contributed by atoms with E-state index in [1.165, 1.54) is 10.4 Å². The number of nitrogens with zero attached hydrogens (tertiary/aromatic N) is 1. The molecule has 1 aromatic heterocycles. The van der Waals surface area contributed by atoms with E-state index in [0.717, 1.165) is 29.2 Å². The van der Waals surface area contributed by atoms with Crippen LogP contribution in [0.25, 0.3) is 0 Å². The quantitative estimate of drug-likeness (QED) is 0.470. The van der Waals surface area contributed by atoms with Crippen LogP contribution in [0.1, 0.15) is 38.0 Å². The van der Waals surface area contributed by atoms with Crippen LogP contribution in [0.4, 0.5) is 5.00 Å². The van der Waals surface area contributed by atoms with Crippen molar-refractivity contribution in [2.45, 2.75) is 19.9 Å². The predicted molar refractivity (Wildman–Crippen MR) is 139 cm³/mol. The maximum atomic E-state index is 13.2. The van der Waals surface area contributed by atoms with Crippen LogP contribution in [0.5, 0.6) is 17.2 Å². The maximum absolute atomic E-state index is 13.2. The Bertz CT molecular complexity index is 1170. The Kier molecular flexibility index (Phi) is 7.95. The number of rotatable bonds is 8. The summed E-state index contributed by atoms with van der Waals surface area (Å²) in [7, 11) is 4.89. The van der Waals surface area contributed by atoms with Crippen LogP contribution >= 0.6 is 11.3 Å². The van der Waals surface area contributed by atoms with Gasteiger partial charge in [0.15, 0.2) is 11.5 Å². The van der Waals surface area contributed by atoms with Gasteiger partial charge < -0.3 is 24.3 Å². The number of carbonyl (C=O) groups excluding carboxylic acids is 1. The van der Waals surface area contributed by atoms with Crippen molar-refractivity contribution >= 4 is 22.2 Å². The second kappa shape index (κ2) is 11.1. The van der Waals surface area contributed by atoms with Crippen molar-refractivity contribution in [3.63, 3.8) is 0 Å². The number of benzene rings is 2. The number of hydrogen-bond acceptors (Lipinski definition) is 7. The molecule has 0 radical (unpaired) electrons. The van der Waals surface area contributed by atoms with Crippen molar-refractivity contribution in [3.8, 4) is 17.2 Å². The third-order valence-electron chi connectivity index (χ3n) is 6.42. The summed E-state index contributed by atoms with van der Waals surface area (Å²) in [5.74, 6) is 1.92. The molecule has 1 saturated heterocycles. The highest BCUT2D eigenvalue weighted by Crippen LogP contribution is 2.44. The minimum atomic E-state index is -0.150. The summed E-state index contributed by atoms with van der Waals surface area (Å²) >= 11 is 1.61. The minimum absolute atomic E-state index is 0.0742. The van der Waals surface area contributed by atoms with Crippen molar-refractivity contribution in [3.05, 3.63) is 69.6 Å². The van der Waals surface area contributed by atoms with Crippen LogP contribution in [-0.2, 0) is 4.74 Å². The fourth-order valence-electron chi connectivity index (χ4n) is 4.40. The number of anilines is 1. The van der Waals surface area contributed by atoms with Crippen LogP contribution in [0.2, 0.25) is 0 Å². The average molecular weight is 497 g/mol. The standard InChI is InChI=1S/C27H32N2O5S/c1-17-18(2)35-27(28-26(30)19-6-9-21(31-3)10-7-19)24(17)25(29-12-14-34-15-13-29)20-8-11-22(32-4)23(16-20)33-5/h6-11,16,25H,12-15H2,1-5H3,(H,28,30)/t25-/m1/s1. The molecule has 2 aromatic carbocycles. The predicted octanol–water partition coefficient (Wildman–Crippen LogP) is 5.06. The van der Waals surface area contributed by atoms with E-state index in [1.54, 1.807) is 56.9 Å². The third kappa shape index (κ3) is 5.29. The van der Waals surface area contributed by atoms with Crippen LogP contribution < -0.4 is 19.5 Å². The number of thiophene rings is 1. The van der Waals surface area contributed by atoms with Crippen LogP contribution in [0.15, 0.2) is 42.5 Å². The zero-order chi connectivity index (χ0) is 24.9. The van der Waals surface area contributed by atoms with E-state index in [4.69, 9.17) is 18.9 Å². The molecular weight excluding hydrogens is 464 g/mol. The molecule has 0 spiro atoms. The molecule has 0 bridgehead atoms. The lowest BCUT2D eigenvalue weighted by atomic mass is 9.94. The van der Waals surface area contributed by atoms with E-state index in [1.807, 2.05) is 12.1 Å². The summed E-state index contributed by atoms with van der Waals surface area (Å²) in [5, 5.41) is 4.05. The first-order valence-corrected chi connectivity index (χ1v) is 12.4. The number of aryl methyl sites for hydroxylation is 1. The molecule has 186 valence electrons. The van der Waals surface area contributed by atoms with E-state index in [2.05, 4.69) is 30.1 Å². The van der Waals surface area contributed by atoms with Crippen molar-refractivity contribution in [2.24, 2.45) is 0 Å².